The number of fused-ring (bicyclic) bond motifs is 1. The van der Waals surface area contributed by atoms with Crippen molar-refractivity contribution in [1.82, 2.24) is 9.78 Å². The molecule has 0 radical (unpaired) electrons. The molecule has 1 N–H and O–H groups in total. The molecule has 1 aromatic heterocycles. The van der Waals surface area contributed by atoms with E-state index in [1.54, 1.807) is 4.68 Å². The Hall–Kier alpha value is -2.61. The Balaban J connectivity index is 2.18. The third-order valence-electron chi connectivity index (χ3n) is 2.92. The first-order chi connectivity index (χ1) is 8.79. The van der Waals surface area contributed by atoms with Crippen molar-refractivity contribution in [1.29, 1.82) is 5.26 Å². The zero-order valence-electron chi connectivity index (χ0n) is 9.55. The van der Waals surface area contributed by atoms with Gasteiger partial charge < -0.3 is 5.32 Å². The number of aromatic nitrogens is 2. The molecule has 0 saturated carbocycles. The summed E-state index contributed by atoms with van der Waals surface area (Å²) in [6.45, 7) is 0.517. The van der Waals surface area contributed by atoms with Gasteiger partial charge in [0.1, 0.15) is 23.1 Å². The first-order valence-electron chi connectivity index (χ1n) is 5.66. The van der Waals surface area contributed by atoms with Gasteiger partial charge in [-0.1, -0.05) is 30.3 Å². The fourth-order valence-electron chi connectivity index (χ4n) is 2.06. The van der Waals surface area contributed by atoms with E-state index in [1.807, 2.05) is 30.3 Å². The molecule has 1 aliphatic rings. The van der Waals surface area contributed by atoms with Crippen LogP contribution in [0.1, 0.15) is 12.0 Å². The Morgan fingerprint density at radius 1 is 1.33 bits per heavy atom. The number of aryl methyl sites for hydroxylation is 1. The summed E-state index contributed by atoms with van der Waals surface area (Å²) in [5.41, 5.74) is 1.93. The van der Waals surface area contributed by atoms with Gasteiger partial charge in [0.05, 0.1) is 6.54 Å². The molecule has 1 aliphatic heterocycles. The lowest BCUT2D eigenvalue weighted by Crippen LogP contribution is -2.23. The monoisotopic (exact) mass is 238 g/mol. The second-order valence-electron chi connectivity index (χ2n) is 4.07. The first kappa shape index (κ1) is 10.5. The summed E-state index contributed by atoms with van der Waals surface area (Å²) in [5, 5.41) is 16.4. The van der Waals surface area contributed by atoms with Crippen molar-refractivity contribution in [2.24, 2.45) is 0 Å². The smallest absolute Gasteiger partial charge is 0.227 e. The number of rotatable bonds is 1. The molecule has 0 atom stereocenters. The van der Waals surface area contributed by atoms with Crippen LogP contribution in [-0.4, -0.2) is 15.7 Å². The lowest BCUT2D eigenvalue weighted by atomic mass is 10.1. The average Bonchev–Trinajstić information content (AvgIpc) is 2.77. The maximum Gasteiger partial charge on any atom is 0.227 e. The third kappa shape index (κ3) is 1.55. The standard InChI is InChI=1S/C13H10N4O/c14-8-10-12(9-4-2-1-3-5-9)16-17-7-6-11(18)15-13(10)17/h1-5H,6-7H2,(H,15,18). The van der Waals surface area contributed by atoms with Crippen LogP contribution in [-0.2, 0) is 11.3 Å². The number of carbonyl (C=O) groups excluding carboxylic acids is 1. The molecule has 18 heavy (non-hydrogen) atoms. The SMILES string of the molecule is N#Cc1c(-c2ccccc2)nn2c1NC(=O)CC2. The highest BCUT2D eigenvalue weighted by molar-refractivity contribution is 5.94. The second-order valence-corrected chi connectivity index (χ2v) is 4.07. The van der Waals surface area contributed by atoms with E-state index in [1.165, 1.54) is 0 Å². The minimum Gasteiger partial charge on any atom is -0.310 e. The van der Waals surface area contributed by atoms with Gasteiger partial charge in [-0.3, -0.25) is 4.79 Å². The fourth-order valence-corrected chi connectivity index (χ4v) is 2.06. The number of hydrogen-bond donors (Lipinski definition) is 1. The van der Waals surface area contributed by atoms with E-state index >= 15 is 0 Å². The van der Waals surface area contributed by atoms with Crippen molar-refractivity contribution < 1.29 is 4.79 Å². The summed E-state index contributed by atoms with van der Waals surface area (Å²) in [5.74, 6) is 0.436. The van der Waals surface area contributed by atoms with Gasteiger partial charge in [-0.15, -0.1) is 0 Å². The molecular weight excluding hydrogens is 228 g/mol. The van der Waals surface area contributed by atoms with Crippen LogP contribution in [0, 0.1) is 11.3 Å². The van der Waals surface area contributed by atoms with E-state index in [9.17, 15) is 10.1 Å². The highest BCUT2D eigenvalue weighted by Gasteiger charge is 2.24. The van der Waals surface area contributed by atoms with Gasteiger partial charge in [0.15, 0.2) is 0 Å². The van der Waals surface area contributed by atoms with Gasteiger partial charge >= 0.3 is 0 Å². The van der Waals surface area contributed by atoms with Crippen LogP contribution < -0.4 is 5.32 Å². The predicted octanol–water partition coefficient (Wildman–Crippen LogP) is 1.76. The van der Waals surface area contributed by atoms with E-state index < -0.39 is 0 Å². The Kier molecular flexibility index (Phi) is 2.34. The normalized spacial score (nSPS) is 13.6. The molecule has 2 heterocycles. The zero-order chi connectivity index (χ0) is 12.5. The van der Waals surface area contributed by atoms with Crippen LogP contribution in [0.5, 0.6) is 0 Å². The molecule has 3 rings (SSSR count). The Morgan fingerprint density at radius 3 is 2.83 bits per heavy atom. The van der Waals surface area contributed by atoms with Gasteiger partial charge in [-0.05, 0) is 0 Å². The summed E-state index contributed by atoms with van der Waals surface area (Å²) in [4.78, 5) is 11.4. The molecule has 1 amide bonds. The van der Waals surface area contributed by atoms with E-state index in [-0.39, 0.29) is 5.91 Å². The van der Waals surface area contributed by atoms with E-state index in [0.29, 0.717) is 30.0 Å². The third-order valence-corrected chi connectivity index (χ3v) is 2.92. The minimum absolute atomic E-state index is 0.0708. The van der Waals surface area contributed by atoms with Gasteiger partial charge in [0.25, 0.3) is 0 Å². The predicted molar refractivity (Wildman–Crippen MR) is 65.6 cm³/mol. The number of nitriles is 1. The minimum atomic E-state index is -0.0708. The first-order valence-corrected chi connectivity index (χ1v) is 5.66. The van der Waals surface area contributed by atoms with Gasteiger partial charge in [0.2, 0.25) is 5.91 Å². The lowest BCUT2D eigenvalue weighted by molar-refractivity contribution is -0.116. The van der Waals surface area contributed by atoms with Crippen LogP contribution in [0.4, 0.5) is 5.82 Å². The molecular formula is C13H10N4O. The average molecular weight is 238 g/mol. The lowest BCUT2D eigenvalue weighted by Gasteiger charge is -2.13. The van der Waals surface area contributed by atoms with Crippen LogP contribution >= 0.6 is 0 Å². The molecule has 0 unspecified atom stereocenters. The zero-order valence-corrected chi connectivity index (χ0v) is 9.55. The van der Waals surface area contributed by atoms with Crippen molar-refractivity contribution >= 4 is 11.7 Å². The molecule has 0 aliphatic carbocycles. The number of nitrogens with one attached hydrogen (secondary N) is 1. The van der Waals surface area contributed by atoms with Crippen molar-refractivity contribution in [2.75, 3.05) is 5.32 Å². The van der Waals surface area contributed by atoms with Crippen molar-refractivity contribution in [2.45, 2.75) is 13.0 Å². The van der Waals surface area contributed by atoms with Gasteiger partial charge in [-0.2, -0.15) is 10.4 Å². The maximum absolute atomic E-state index is 11.4. The van der Waals surface area contributed by atoms with Crippen molar-refractivity contribution in [3.05, 3.63) is 35.9 Å². The van der Waals surface area contributed by atoms with Crippen molar-refractivity contribution in [3.8, 4) is 17.3 Å². The summed E-state index contributed by atoms with van der Waals surface area (Å²) in [6, 6.07) is 11.6. The Bertz CT molecular complexity index is 652. The maximum atomic E-state index is 11.4. The second kappa shape index (κ2) is 4.00. The fraction of sp³-hybridized carbons (Fsp3) is 0.154. The quantitative estimate of drug-likeness (QED) is 0.822. The highest BCUT2D eigenvalue weighted by atomic mass is 16.1. The molecule has 1 aromatic carbocycles. The number of nitrogens with zero attached hydrogens (tertiary/aromatic N) is 3. The molecule has 0 spiro atoms. The van der Waals surface area contributed by atoms with Crippen LogP contribution in [0.2, 0.25) is 0 Å². The molecule has 5 heteroatoms. The summed E-state index contributed by atoms with van der Waals surface area (Å²) < 4.78 is 1.68. The topological polar surface area (TPSA) is 70.7 Å². The molecule has 0 saturated heterocycles. The van der Waals surface area contributed by atoms with Gasteiger partial charge in [-0.25, -0.2) is 4.68 Å². The Morgan fingerprint density at radius 2 is 2.11 bits per heavy atom. The van der Waals surface area contributed by atoms with E-state index in [2.05, 4.69) is 16.5 Å². The summed E-state index contributed by atoms with van der Waals surface area (Å²) in [7, 11) is 0. The largest absolute Gasteiger partial charge is 0.310 e. The summed E-state index contributed by atoms with van der Waals surface area (Å²) >= 11 is 0. The molecule has 0 fully saturated rings. The van der Waals surface area contributed by atoms with Crippen molar-refractivity contribution in [3.63, 3.8) is 0 Å². The van der Waals surface area contributed by atoms with Crippen LogP contribution in [0.15, 0.2) is 30.3 Å². The van der Waals surface area contributed by atoms with Crippen LogP contribution in [0.3, 0.4) is 0 Å². The molecule has 2 aromatic rings. The number of amides is 1. The number of benzene rings is 1. The molecule has 0 bridgehead atoms. The highest BCUT2D eigenvalue weighted by Crippen LogP contribution is 2.29. The molecule has 5 nitrogen and oxygen atoms in total. The molecule has 88 valence electrons. The van der Waals surface area contributed by atoms with E-state index in [0.717, 1.165) is 5.56 Å². The van der Waals surface area contributed by atoms with E-state index in [4.69, 9.17) is 0 Å². The van der Waals surface area contributed by atoms with Crippen LogP contribution in [0.25, 0.3) is 11.3 Å². The Labute approximate surface area is 104 Å². The number of anilines is 1. The number of carbonyl (C=O) groups is 1. The van der Waals surface area contributed by atoms with Gasteiger partial charge in [0, 0.05) is 12.0 Å². The number of hydrogen-bond acceptors (Lipinski definition) is 3. The summed E-state index contributed by atoms with van der Waals surface area (Å²) in [6.07, 6.45) is 0.397.